The van der Waals surface area contributed by atoms with E-state index < -0.39 is 18.0 Å². The standard InChI is InChI=1S/C10H23N5O2/c1-2-3-4-14-10(17)8(13)6-15-9(16)7(12)5-11/h7-8H,2-6,11-13H2,1H3,(H,14,17)(H,15,16). The summed E-state index contributed by atoms with van der Waals surface area (Å²) in [6.07, 6.45) is 1.90. The first kappa shape index (κ1) is 15.8. The van der Waals surface area contributed by atoms with Crippen molar-refractivity contribution < 1.29 is 9.59 Å². The van der Waals surface area contributed by atoms with Crippen molar-refractivity contribution in [2.75, 3.05) is 19.6 Å². The highest BCUT2D eigenvalue weighted by Gasteiger charge is 2.16. The first-order chi connectivity index (χ1) is 8.02. The van der Waals surface area contributed by atoms with E-state index in [1.54, 1.807) is 0 Å². The van der Waals surface area contributed by atoms with E-state index in [2.05, 4.69) is 10.6 Å². The molecule has 0 spiro atoms. The van der Waals surface area contributed by atoms with Gasteiger partial charge in [0.05, 0.1) is 6.04 Å². The number of carbonyl (C=O) groups excluding carboxylic acids is 2. The largest absolute Gasteiger partial charge is 0.355 e. The number of nitrogens with two attached hydrogens (primary N) is 3. The molecule has 2 amide bonds. The van der Waals surface area contributed by atoms with Crippen molar-refractivity contribution in [1.82, 2.24) is 10.6 Å². The highest BCUT2D eigenvalue weighted by Crippen LogP contribution is 1.84. The fourth-order valence-corrected chi connectivity index (χ4v) is 1.06. The molecule has 0 bridgehead atoms. The molecule has 2 unspecified atom stereocenters. The first-order valence-electron chi connectivity index (χ1n) is 5.79. The van der Waals surface area contributed by atoms with Crippen molar-refractivity contribution in [3.63, 3.8) is 0 Å². The summed E-state index contributed by atoms with van der Waals surface area (Å²) in [5, 5.41) is 5.15. The van der Waals surface area contributed by atoms with Crippen LogP contribution in [0, 0.1) is 0 Å². The SMILES string of the molecule is CCCCNC(=O)C(N)CNC(=O)C(N)CN. The van der Waals surface area contributed by atoms with E-state index in [-0.39, 0.29) is 19.0 Å². The van der Waals surface area contributed by atoms with E-state index in [0.717, 1.165) is 12.8 Å². The van der Waals surface area contributed by atoms with Gasteiger partial charge in [-0.15, -0.1) is 0 Å². The van der Waals surface area contributed by atoms with Gasteiger partial charge in [0.1, 0.15) is 6.04 Å². The Morgan fingerprint density at radius 2 is 1.71 bits per heavy atom. The van der Waals surface area contributed by atoms with E-state index in [0.29, 0.717) is 6.54 Å². The van der Waals surface area contributed by atoms with Gasteiger partial charge < -0.3 is 27.8 Å². The molecule has 2 atom stereocenters. The second kappa shape index (κ2) is 8.91. The Morgan fingerprint density at radius 1 is 1.12 bits per heavy atom. The van der Waals surface area contributed by atoms with Gasteiger partial charge in [-0.3, -0.25) is 9.59 Å². The minimum Gasteiger partial charge on any atom is -0.355 e. The maximum absolute atomic E-state index is 11.4. The van der Waals surface area contributed by atoms with Crippen molar-refractivity contribution in [1.29, 1.82) is 0 Å². The Kier molecular flexibility index (Phi) is 8.29. The predicted molar refractivity (Wildman–Crippen MR) is 65.9 cm³/mol. The van der Waals surface area contributed by atoms with Crippen LogP contribution in [0.5, 0.6) is 0 Å². The third-order valence-corrected chi connectivity index (χ3v) is 2.25. The second-order valence-electron chi connectivity index (χ2n) is 3.84. The van der Waals surface area contributed by atoms with Crippen LogP contribution in [0.2, 0.25) is 0 Å². The monoisotopic (exact) mass is 245 g/mol. The molecule has 7 heteroatoms. The van der Waals surface area contributed by atoms with Crippen molar-refractivity contribution in [2.24, 2.45) is 17.2 Å². The topological polar surface area (TPSA) is 136 Å². The lowest BCUT2D eigenvalue weighted by Crippen LogP contribution is -2.52. The molecule has 0 aliphatic heterocycles. The van der Waals surface area contributed by atoms with E-state index in [4.69, 9.17) is 17.2 Å². The Morgan fingerprint density at radius 3 is 2.24 bits per heavy atom. The quantitative estimate of drug-likeness (QED) is 0.304. The van der Waals surface area contributed by atoms with E-state index >= 15 is 0 Å². The summed E-state index contributed by atoms with van der Waals surface area (Å²) in [6.45, 7) is 2.74. The number of hydrogen-bond acceptors (Lipinski definition) is 5. The number of hydrogen-bond donors (Lipinski definition) is 5. The summed E-state index contributed by atoms with van der Waals surface area (Å²) in [6, 6.07) is -1.52. The Bertz CT molecular complexity index is 247. The Hall–Kier alpha value is -1.18. The molecule has 7 nitrogen and oxygen atoms in total. The number of amides is 2. The Labute approximate surface area is 101 Å². The fraction of sp³-hybridized carbons (Fsp3) is 0.800. The van der Waals surface area contributed by atoms with Crippen LogP contribution >= 0.6 is 0 Å². The molecule has 0 rings (SSSR count). The van der Waals surface area contributed by atoms with Crippen molar-refractivity contribution >= 4 is 11.8 Å². The molecule has 0 aromatic carbocycles. The van der Waals surface area contributed by atoms with Crippen LogP contribution in [-0.4, -0.2) is 43.5 Å². The molecule has 0 radical (unpaired) electrons. The lowest BCUT2D eigenvalue weighted by atomic mass is 10.2. The van der Waals surface area contributed by atoms with Gasteiger partial charge in [0.2, 0.25) is 11.8 Å². The molecule has 0 aliphatic rings. The minimum absolute atomic E-state index is 0.0593. The first-order valence-corrected chi connectivity index (χ1v) is 5.79. The number of carbonyl (C=O) groups is 2. The molecule has 0 saturated heterocycles. The highest BCUT2D eigenvalue weighted by atomic mass is 16.2. The van der Waals surface area contributed by atoms with Crippen LogP contribution in [-0.2, 0) is 9.59 Å². The van der Waals surface area contributed by atoms with Gasteiger partial charge in [0.25, 0.3) is 0 Å². The smallest absolute Gasteiger partial charge is 0.238 e. The minimum atomic E-state index is -0.763. The summed E-state index contributed by atoms with van der Waals surface area (Å²) in [5.41, 5.74) is 16.2. The molecular weight excluding hydrogens is 222 g/mol. The van der Waals surface area contributed by atoms with Gasteiger partial charge in [-0.25, -0.2) is 0 Å². The van der Waals surface area contributed by atoms with Crippen LogP contribution in [0.25, 0.3) is 0 Å². The summed E-state index contributed by atoms with van der Waals surface area (Å²) in [5.74, 6) is -0.677. The molecule has 0 fully saturated rings. The van der Waals surface area contributed by atoms with Crippen LogP contribution < -0.4 is 27.8 Å². The lowest BCUT2D eigenvalue weighted by Gasteiger charge is -2.14. The van der Waals surface area contributed by atoms with Gasteiger partial charge in [0, 0.05) is 19.6 Å². The van der Waals surface area contributed by atoms with Crippen LogP contribution in [0.3, 0.4) is 0 Å². The van der Waals surface area contributed by atoms with E-state index in [9.17, 15) is 9.59 Å². The van der Waals surface area contributed by atoms with Crippen molar-refractivity contribution in [3.05, 3.63) is 0 Å². The molecule has 0 saturated carbocycles. The molecule has 0 heterocycles. The second-order valence-corrected chi connectivity index (χ2v) is 3.84. The highest BCUT2D eigenvalue weighted by molar-refractivity contribution is 5.84. The van der Waals surface area contributed by atoms with Crippen LogP contribution in [0.15, 0.2) is 0 Å². The third kappa shape index (κ3) is 6.88. The van der Waals surface area contributed by atoms with E-state index in [1.807, 2.05) is 6.92 Å². The van der Waals surface area contributed by atoms with Crippen LogP contribution in [0.4, 0.5) is 0 Å². The average molecular weight is 245 g/mol. The maximum atomic E-state index is 11.4. The Balaban J connectivity index is 3.81. The van der Waals surface area contributed by atoms with Gasteiger partial charge in [0.15, 0.2) is 0 Å². The molecule has 0 aromatic rings. The number of unbranched alkanes of at least 4 members (excludes halogenated alkanes) is 1. The van der Waals surface area contributed by atoms with Gasteiger partial charge in [-0.1, -0.05) is 13.3 Å². The molecule has 17 heavy (non-hydrogen) atoms. The van der Waals surface area contributed by atoms with Gasteiger partial charge >= 0.3 is 0 Å². The zero-order valence-corrected chi connectivity index (χ0v) is 10.2. The molecule has 100 valence electrons. The van der Waals surface area contributed by atoms with Crippen molar-refractivity contribution in [2.45, 2.75) is 31.8 Å². The fourth-order valence-electron chi connectivity index (χ4n) is 1.06. The number of rotatable bonds is 8. The van der Waals surface area contributed by atoms with E-state index in [1.165, 1.54) is 0 Å². The number of nitrogens with one attached hydrogen (secondary N) is 2. The summed E-state index contributed by atoms with van der Waals surface area (Å²) < 4.78 is 0. The van der Waals surface area contributed by atoms with Crippen molar-refractivity contribution in [3.8, 4) is 0 Å². The average Bonchev–Trinajstić information content (AvgIpc) is 2.34. The zero-order chi connectivity index (χ0) is 13.3. The lowest BCUT2D eigenvalue weighted by molar-refractivity contribution is -0.123. The predicted octanol–water partition coefficient (Wildman–Crippen LogP) is -2.37. The molecule has 0 aliphatic carbocycles. The van der Waals surface area contributed by atoms with Crippen LogP contribution in [0.1, 0.15) is 19.8 Å². The molecule has 8 N–H and O–H groups in total. The zero-order valence-electron chi connectivity index (χ0n) is 10.2. The third-order valence-electron chi connectivity index (χ3n) is 2.25. The molecule has 0 aromatic heterocycles. The summed E-state index contributed by atoms with van der Waals surface area (Å²) >= 11 is 0. The van der Waals surface area contributed by atoms with Gasteiger partial charge in [-0.2, -0.15) is 0 Å². The molecular formula is C10H23N5O2. The summed E-state index contributed by atoms with van der Waals surface area (Å²) in [4.78, 5) is 22.7. The normalized spacial score (nSPS) is 13.9. The maximum Gasteiger partial charge on any atom is 0.238 e. The summed E-state index contributed by atoms with van der Waals surface area (Å²) in [7, 11) is 0. The van der Waals surface area contributed by atoms with Gasteiger partial charge in [-0.05, 0) is 6.42 Å².